The first-order chi connectivity index (χ1) is 8.79. The summed E-state index contributed by atoms with van der Waals surface area (Å²) in [7, 11) is 3.76. The summed E-state index contributed by atoms with van der Waals surface area (Å²) in [4.78, 5) is 0. The van der Waals surface area contributed by atoms with Gasteiger partial charge in [0.15, 0.2) is 0 Å². The van der Waals surface area contributed by atoms with E-state index < -0.39 is 0 Å². The minimum Gasteiger partial charge on any atom is -0.496 e. The number of nitrogens with one attached hydrogen (secondary N) is 1. The van der Waals surface area contributed by atoms with Crippen molar-refractivity contribution in [3.05, 3.63) is 29.3 Å². The van der Waals surface area contributed by atoms with Crippen LogP contribution in [0.5, 0.6) is 5.75 Å². The molecule has 0 aliphatic rings. The fourth-order valence-electron chi connectivity index (χ4n) is 2.25. The predicted molar refractivity (Wildman–Crippen MR) is 82.8 cm³/mol. The van der Waals surface area contributed by atoms with Gasteiger partial charge in [-0.25, -0.2) is 0 Å². The molecule has 1 aromatic rings. The largest absolute Gasteiger partial charge is 0.496 e. The normalized spacial score (nSPS) is 15.1. The molecule has 19 heavy (non-hydrogen) atoms. The van der Waals surface area contributed by atoms with Crippen molar-refractivity contribution in [1.29, 1.82) is 0 Å². The van der Waals surface area contributed by atoms with E-state index in [2.05, 4.69) is 58.1 Å². The van der Waals surface area contributed by atoms with Crippen LogP contribution in [0.1, 0.15) is 51.3 Å². The molecule has 0 fully saturated rings. The Kier molecular flexibility index (Phi) is 5.42. The molecule has 2 heteroatoms. The molecule has 1 aromatic carbocycles. The van der Waals surface area contributed by atoms with E-state index >= 15 is 0 Å². The molecule has 1 rings (SSSR count). The minimum absolute atomic E-state index is 0.344. The van der Waals surface area contributed by atoms with Crippen molar-refractivity contribution < 1.29 is 4.74 Å². The monoisotopic (exact) mass is 263 g/mol. The zero-order valence-corrected chi connectivity index (χ0v) is 13.5. The number of methoxy groups -OCH3 is 1. The Morgan fingerprint density at radius 2 is 1.89 bits per heavy atom. The summed E-state index contributed by atoms with van der Waals surface area (Å²) in [6, 6.07) is 6.87. The Bertz CT molecular complexity index is 406. The molecule has 108 valence electrons. The molecule has 0 bridgehead atoms. The molecule has 0 saturated carbocycles. The molecule has 0 radical (unpaired) electrons. The number of hydrogen-bond acceptors (Lipinski definition) is 2. The molecule has 0 heterocycles. The third-order valence-corrected chi connectivity index (χ3v) is 4.24. The molecule has 0 aliphatic carbocycles. The third-order valence-electron chi connectivity index (χ3n) is 4.24. The molecule has 0 saturated heterocycles. The fourth-order valence-corrected chi connectivity index (χ4v) is 2.25. The number of rotatable bonds is 5. The van der Waals surface area contributed by atoms with Gasteiger partial charge in [-0.3, -0.25) is 0 Å². The second-order valence-electron chi connectivity index (χ2n) is 6.57. The Balaban J connectivity index is 2.89. The van der Waals surface area contributed by atoms with Crippen molar-refractivity contribution in [2.75, 3.05) is 14.2 Å². The van der Waals surface area contributed by atoms with Crippen molar-refractivity contribution in [3.8, 4) is 5.75 Å². The van der Waals surface area contributed by atoms with E-state index in [1.54, 1.807) is 7.11 Å². The maximum absolute atomic E-state index is 5.33. The summed E-state index contributed by atoms with van der Waals surface area (Å²) in [5.41, 5.74) is 2.89. The maximum Gasteiger partial charge on any atom is 0.121 e. The van der Waals surface area contributed by atoms with Gasteiger partial charge in [0.25, 0.3) is 0 Å². The summed E-state index contributed by atoms with van der Waals surface area (Å²) >= 11 is 0. The first kappa shape index (κ1) is 16.0. The lowest BCUT2D eigenvalue weighted by molar-refractivity contribution is 0.226. The van der Waals surface area contributed by atoms with Crippen molar-refractivity contribution in [1.82, 2.24) is 5.32 Å². The highest BCUT2D eigenvalue weighted by molar-refractivity contribution is 5.37. The van der Waals surface area contributed by atoms with Gasteiger partial charge in [0.1, 0.15) is 5.75 Å². The van der Waals surface area contributed by atoms with Crippen LogP contribution in [0.15, 0.2) is 18.2 Å². The van der Waals surface area contributed by atoms with Crippen molar-refractivity contribution >= 4 is 0 Å². The van der Waals surface area contributed by atoms with Crippen LogP contribution >= 0.6 is 0 Å². The smallest absolute Gasteiger partial charge is 0.121 e. The van der Waals surface area contributed by atoms with Crippen LogP contribution < -0.4 is 10.1 Å². The molecular formula is C17H29NO. The molecular weight excluding hydrogens is 234 g/mol. The second-order valence-corrected chi connectivity index (χ2v) is 6.57. The first-order valence-electron chi connectivity index (χ1n) is 7.11. The van der Waals surface area contributed by atoms with Crippen LogP contribution in [0, 0.1) is 18.3 Å². The van der Waals surface area contributed by atoms with E-state index in [9.17, 15) is 0 Å². The van der Waals surface area contributed by atoms with Gasteiger partial charge in [-0.1, -0.05) is 39.8 Å². The van der Waals surface area contributed by atoms with Gasteiger partial charge in [0.2, 0.25) is 0 Å². The summed E-state index contributed by atoms with van der Waals surface area (Å²) in [6.45, 7) is 11.4. The fraction of sp³-hybridized carbons (Fsp3) is 0.647. The Labute approximate surface area is 118 Å². The van der Waals surface area contributed by atoms with Crippen LogP contribution in [0.3, 0.4) is 0 Å². The SMILES string of the molecule is CNC(CC(C)C(C)(C)C)c1ccc(OC)c(C)c1. The van der Waals surface area contributed by atoms with E-state index in [0.717, 1.165) is 12.2 Å². The van der Waals surface area contributed by atoms with Gasteiger partial charge in [-0.05, 0) is 48.9 Å². The Morgan fingerprint density at radius 3 is 2.32 bits per heavy atom. The Morgan fingerprint density at radius 1 is 1.26 bits per heavy atom. The highest BCUT2D eigenvalue weighted by Crippen LogP contribution is 2.34. The average Bonchev–Trinajstić information content (AvgIpc) is 2.34. The third kappa shape index (κ3) is 4.24. The lowest BCUT2D eigenvalue weighted by Crippen LogP contribution is -2.25. The van der Waals surface area contributed by atoms with Crippen LogP contribution in [0.4, 0.5) is 0 Å². The molecule has 2 unspecified atom stereocenters. The van der Waals surface area contributed by atoms with E-state index in [4.69, 9.17) is 4.74 Å². The minimum atomic E-state index is 0.344. The number of benzene rings is 1. The second kappa shape index (κ2) is 6.42. The topological polar surface area (TPSA) is 21.3 Å². The lowest BCUT2D eigenvalue weighted by Gasteiger charge is -2.31. The standard InChI is InChI=1S/C17H29NO/c1-12-10-14(8-9-16(12)19-7)15(18-6)11-13(2)17(3,4)5/h8-10,13,15,18H,11H2,1-7H3. The zero-order valence-electron chi connectivity index (χ0n) is 13.5. The van der Waals surface area contributed by atoms with Crippen LogP contribution in [-0.2, 0) is 0 Å². The zero-order chi connectivity index (χ0) is 14.6. The van der Waals surface area contributed by atoms with Gasteiger partial charge in [0.05, 0.1) is 7.11 Å². The molecule has 0 aromatic heterocycles. The molecule has 1 N–H and O–H groups in total. The number of aryl methyl sites for hydroxylation is 1. The maximum atomic E-state index is 5.33. The van der Waals surface area contributed by atoms with Gasteiger partial charge >= 0.3 is 0 Å². The van der Waals surface area contributed by atoms with E-state index in [0.29, 0.717) is 17.4 Å². The van der Waals surface area contributed by atoms with Crippen LogP contribution in [-0.4, -0.2) is 14.2 Å². The summed E-state index contributed by atoms with van der Waals surface area (Å²) in [6.07, 6.45) is 1.14. The molecule has 0 amide bonds. The lowest BCUT2D eigenvalue weighted by atomic mass is 9.77. The molecule has 2 nitrogen and oxygen atoms in total. The summed E-state index contributed by atoms with van der Waals surface area (Å²) in [5.74, 6) is 1.62. The van der Waals surface area contributed by atoms with Gasteiger partial charge in [0, 0.05) is 6.04 Å². The van der Waals surface area contributed by atoms with Gasteiger partial charge in [-0.15, -0.1) is 0 Å². The Hall–Kier alpha value is -1.02. The number of ether oxygens (including phenoxy) is 1. The molecule has 0 aliphatic heterocycles. The van der Waals surface area contributed by atoms with Crippen LogP contribution in [0.2, 0.25) is 0 Å². The summed E-state index contributed by atoms with van der Waals surface area (Å²) in [5, 5.41) is 3.45. The van der Waals surface area contributed by atoms with E-state index in [1.807, 2.05) is 7.05 Å². The van der Waals surface area contributed by atoms with Gasteiger partial charge in [-0.2, -0.15) is 0 Å². The van der Waals surface area contributed by atoms with Crippen molar-refractivity contribution in [2.45, 2.75) is 47.1 Å². The molecule has 2 atom stereocenters. The highest BCUT2D eigenvalue weighted by Gasteiger charge is 2.23. The predicted octanol–water partition coefficient (Wildman–Crippen LogP) is 4.34. The van der Waals surface area contributed by atoms with Crippen LogP contribution in [0.25, 0.3) is 0 Å². The van der Waals surface area contributed by atoms with Crippen molar-refractivity contribution in [3.63, 3.8) is 0 Å². The van der Waals surface area contributed by atoms with E-state index in [1.165, 1.54) is 11.1 Å². The molecule has 0 spiro atoms. The van der Waals surface area contributed by atoms with E-state index in [-0.39, 0.29) is 0 Å². The van der Waals surface area contributed by atoms with Gasteiger partial charge < -0.3 is 10.1 Å². The average molecular weight is 263 g/mol. The summed E-state index contributed by atoms with van der Waals surface area (Å²) < 4.78 is 5.33. The first-order valence-corrected chi connectivity index (χ1v) is 7.11. The number of hydrogen-bond donors (Lipinski definition) is 1. The highest BCUT2D eigenvalue weighted by atomic mass is 16.5. The van der Waals surface area contributed by atoms with Crippen molar-refractivity contribution in [2.24, 2.45) is 11.3 Å². The quantitative estimate of drug-likeness (QED) is 0.853.